The minimum atomic E-state index is -0.711. The third-order valence-corrected chi connectivity index (χ3v) is 8.62. The molecule has 0 aromatic carbocycles. The average Bonchev–Trinajstić information content (AvgIpc) is 3.01. The van der Waals surface area contributed by atoms with Crippen molar-refractivity contribution in [3.63, 3.8) is 0 Å². The first-order valence-corrected chi connectivity index (χ1v) is 9.51. The van der Waals surface area contributed by atoms with Crippen LogP contribution in [0.2, 0.25) is 0 Å². The number of fused-ring (bicyclic) bond motifs is 1. The first-order valence-electron chi connectivity index (χ1n) is 9.51. The van der Waals surface area contributed by atoms with Crippen LogP contribution in [0.5, 0.6) is 0 Å². The normalized spacial score (nSPS) is 55.6. The summed E-state index contributed by atoms with van der Waals surface area (Å²) in [7, 11) is 1.41. The zero-order chi connectivity index (χ0) is 17.8. The Morgan fingerprint density at radius 3 is 2.84 bits per heavy atom. The van der Waals surface area contributed by atoms with E-state index < -0.39 is 28.5 Å². The Balaban J connectivity index is 1.77. The first kappa shape index (κ1) is 15.9. The summed E-state index contributed by atoms with van der Waals surface area (Å²) >= 11 is 0. The van der Waals surface area contributed by atoms with Crippen LogP contribution in [0.1, 0.15) is 45.4 Å². The van der Waals surface area contributed by atoms with E-state index in [1.54, 1.807) is 0 Å². The van der Waals surface area contributed by atoms with Gasteiger partial charge in [0, 0.05) is 17.3 Å². The second kappa shape index (κ2) is 4.48. The molecule has 0 aromatic heterocycles. The Morgan fingerprint density at radius 2 is 2.12 bits per heavy atom. The lowest BCUT2D eigenvalue weighted by molar-refractivity contribution is -0.165. The fourth-order valence-electron chi connectivity index (χ4n) is 7.83. The second-order valence-electron chi connectivity index (χ2n) is 9.21. The van der Waals surface area contributed by atoms with Crippen LogP contribution in [0.3, 0.4) is 0 Å². The maximum atomic E-state index is 13.0. The number of aliphatic hydroxyl groups is 1. The summed E-state index contributed by atoms with van der Waals surface area (Å²) in [5, 5.41) is 11.2. The van der Waals surface area contributed by atoms with E-state index in [2.05, 4.69) is 6.58 Å². The van der Waals surface area contributed by atoms with Gasteiger partial charge in [-0.05, 0) is 56.9 Å². The molecule has 25 heavy (non-hydrogen) atoms. The number of hydrogen-bond acceptors (Lipinski definition) is 5. The van der Waals surface area contributed by atoms with E-state index in [4.69, 9.17) is 9.47 Å². The van der Waals surface area contributed by atoms with E-state index in [0.717, 1.165) is 44.1 Å². The number of carbonyl (C=O) groups excluding carboxylic acids is 2. The van der Waals surface area contributed by atoms with E-state index in [1.165, 1.54) is 7.11 Å². The van der Waals surface area contributed by atoms with Crippen LogP contribution < -0.4 is 0 Å². The zero-order valence-corrected chi connectivity index (χ0v) is 14.9. The molecule has 5 fully saturated rings. The van der Waals surface area contributed by atoms with Crippen molar-refractivity contribution >= 4 is 11.9 Å². The van der Waals surface area contributed by atoms with E-state index in [1.807, 2.05) is 6.92 Å². The summed E-state index contributed by atoms with van der Waals surface area (Å²) in [6, 6.07) is 0. The highest BCUT2D eigenvalue weighted by Gasteiger charge is 2.83. The van der Waals surface area contributed by atoms with Gasteiger partial charge in [-0.3, -0.25) is 9.59 Å². The highest BCUT2D eigenvalue weighted by atomic mass is 16.6. The van der Waals surface area contributed by atoms with Gasteiger partial charge in [-0.1, -0.05) is 6.58 Å². The van der Waals surface area contributed by atoms with Crippen molar-refractivity contribution in [1.29, 1.82) is 0 Å². The Kier molecular flexibility index (Phi) is 2.84. The summed E-state index contributed by atoms with van der Waals surface area (Å²) in [4.78, 5) is 25.8. The molecule has 5 rings (SSSR count). The van der Waals surface area contributed by atoms with Crippen molar-refractivity contribution in [2.75, 3.05) is 7.11 Å². The van der Waals surface area contributed by atoms with E-state index in [0.29, 0.717) is 0 Å². The monoisotopic (exact) mass is 346 g/mol. The van der Waals surface area contributed by atoms with E-state index in [9.17, 15) is 14.7 Å². The molecule has 1 heterocycles. The summed E-state index contributed by atoms with van der Waals surface area (Å²) in [5.41, 5.74) is -0.981. The molecule has 4 saturated carbocycles. The van der Waals surface area contributed by atoms with Gasteiger partial charge in [0.2, 0.25) is 0 Å². The number of hydrogen-bond donors (Lipinski definition) is 1. The number of rotatable bonds is 1. The van der Waals surface area contributed by atoms with Gasteiger partial charge in [0.25, 0.3) is 0 Å². The highest BCUT2D eigenvalue weighted by molar-refractivity contribution is 5.85. The third-order valence-electron chi connectivity index (χ3n) is 8.62. The van der Waals surface area contributed by atoms with Gasteiger partial charge in [-0.25, -0.2) is 0 Å². The summed E-state index contributed by atoms with van der Waals surface area (Å²) < 4.78 is 11.4. The lowest BCUT2D eigenvalue weighted by atomic mass is 9.60. The first-order chi connectivity index (χ1) is 11.8. The predicted molar refractivity (Wildman–Crippen MR) is 88.2 cm³/mol. The van der Waals surface area contributed by atoms with Crippen LogP contribution in [-0.4, -0.2) is 35.9 Å². The molecular weight excluding hydrogens is 320 g/mol. The Morgan fingerprint density at radius 1 is 1.36 bits per heavy atom. The van der Waals surface area contributed by atoms with Crippen LogP contribution in [-0.2, 0) is 19.1 Å². The molecule has 8 unspecified atom stereocenters. The molecule has 1 saturated heterocycles. The van der Waals surface area contributed by atoms with E-state index >= 15 is 0 Å². The van der Waals surface area contributed by atoms with Gasteiger partial charge in [0.1, 0.15) is 5.60 Å². The topological polar surface area (TPSA) is 72.8 Å². The average molecular weight is 346 g/mol. The SMILES string of the molecule is C=C1C2CCC3C45CCCC(C)(C(=O)O4)C5C(C(=O)OC)C3(C2)C1O. The highest BCUT2D eigenvalue weighted by Crippen LogP contribution is 2.77. The standard InChI is InChI=1S/C20H26O5/c1-10-11-5-6-12-19(9-11,15(10)21)13(16(22)24-3)14-18(2)7-4-8-20(12,14)25-17(18)23/h11-15,21H,1,4-9H2,2-3H3. The lowest BCUT2D eigenvalue weighted by Gasteiger charge is -2.44. The van der Waals surface area contributed by atoms with Gasteiger partial charge in [-0.15, -0.1) is 0 Å². The zero-order valence-electron chi connectivity index (χ0n) is 14.9. The molecule has 5 aliphatic rings. The van der Waals surface area contributed by atoms with Crippen molar-refractivity contribution in [3.05, 3.63) is 12.2 Å². The number of aliphatic hydroxyl groups excluding tert-OH is 1. The molecule has 5 heteroatoms. The van der Waals surface area contributed by atoms with Crippen LogP contribution in [0.25, 0.3) is 0 Å². The molecule has 8 atom stereocenters. The van der Waals surface area contributed by atoms with Crippen molar-refractivity contribution in [2.24, 2.45) is 34.5 Å². The predicted octanol–water partition coefficient (Wildman–Crippen LogP) is 2.22. The number of carbonyl (C=O) groups is 2. The number of esters is 2. The Bertz CT molecular complexity index is 700. The molecule has 4 aliphatic carbocycles. The van der Waals surface area contributed by atoms with Crippen LogP contribution in [0, 0.1) is 34.5 Å². The largest absolute Gasteiger partial charge is 0.469 e. The third kappa shape index (κ3) is 1.45. The van der Waals surface area contributed by atoms with Gasteiger partial charge >= 0.3 is 11.9 Å². The minimum Gasteiger partial charge on any atom is -0.469 e. The van der Waals surface area contributed by atoms with Gasteiger partial charge in [0.15, 0.2) is 0 Å². The second-order valence-corrected chi connectivity index (χ2v) is 9.21. The summed E-state index contributed by atoms with van der Waals surface area (Å²) in [6.45, 7) is 6.11. The van der Waals surface area contributed by atoms with Crippen LogP contribution in [0.4, 0.5) is 0 Å². The molecular formula is C20H26O5. The lowest BCUT2D eigenvalue weighted by Crippen LogP contribution is -2.48. The molecule has 0 radical (unpaired) electrons. The van der Waals surface area contributed by atoms with Crippen LogP contribution in [0.15, 0.2) is 12.2 Å². The van der Waals surface area contributed by atoms with Crippen molar-refractivity contribution in [2.45, 2.75) is 57.2 Å². The van der Waals surface area contributed by atoms with Gasteiger partial charge < -0.3 is 14.6 Å². The number of methoxy groups -OCH3 is 1. The minimum absolute atomic E-state index is 0.0191. The quantitative estimate of drug-likeness (QED) is 0.582. The maximum Gasteiger partial charge on any atom is 0.312 e. The molecule has 1 aliphatic heterocycles. The Hall–Kier alpha value is -1.36. The van der Waals surface area contributed by atoms with Crippen molar-refractivity contribution in [3.8, 4) is 0 Å². The van der Waals surface area contributed by atoms with Crippen molar-refractivity contribution in [1.82, 2.24) is 0 Å². The fourth-order valence-corrected chi connectivity index (χ4v) is 7.83. The molecule has 0 amide bonds. The molecule has 4 bridgehead atoms. The van der Waals surface area contributed by atoms with E-state index in [-0.39, 0.29) is 29.7 Å². The smallest absolute Gasteiger partial charge is 0.312 e. The Labute approximate surface area is 147 Å². The molecule has 1 spiro atoms. The maximum absolute atomic E-state index is 13.0. The summed E-state index contributed by atoms with van der Waals surface area (Å²) in [5.74, 6) is -0.859. The van der Waals surface area contributed by atoms with Gasteiger partial charge in [-0.2, -0.15) is 0 Å². The molecule has 136 valence electrons. The molecule has 0 aromatic rings. The molecule has 5 nitrogen and oxygen atoms in total. The van der Waals surface area contributed by atoms with Gasteiger partial charge in [0.05, 0.1) is 24.5 Å². The summed E-state index contributed by atoms with van der Waals surface area (Å²) in [6.07, 6.45) is 4.37. The fraction of sp³-hybridized carbons (Fsp3) is 0.800. The number of ether oxygens (including phenoxy) is 2. The molecule has 1 N–H and O–H groups in total. The van der Waals surface area contributed by atoms with Crippen LogP contribution >= 0.6 is 0 Å². The van der Waals surface area contributed by atoms with Crippen molar-refractivity contribution < 1.29 is 24.2 Å².